The maximum absolute atomic E-state index is 11.9. The van der Waals surface area contributed by atoms with Crippen molar-refractivity contribution in [3.63, 3.8) is 0 Å². The lowest BCUT2D eigenvalue weighted by Crippen LogP contribution is -2.71. The molecule has 4 rings (SSSR count). The van der Waals surface area contributed by atoms with E-state index in [1.165, 1.54) is 5.57 Å². The number of allylic oxidation sites excluding steroid dienone is 1. The fraction of sp³-hybridized carbons (Fsp3) is 0.905. The van der Waals surface area contributed by atoms with Gasteiger partial charge < -0.3 is 25.5 Å². The van der Waals surface area contributed by atoms with Gasteiger partial charge in [0.05, 0.1) is 29.3 Å². The lowest BCUT2D eigenvalue weighted by atomic mass is 9.44. The standard InChI is InChI=1S/C21H34O5/c1-12(22)20(25)8-9-21(26)15-5-4-13-10-14(23)6-7-18(13,2)16(15)11-17(24)19(20,21)3/h4,12,14-17,22-26H,5-11H2,1-3H3/t12-,14-,15+,16-,17+,18-,19+,20+,21-/m0/s1. The lowest BCUT2D eigenvalue weighted by Gasteiger charge is -2.64. The van der Waals surface area contributed by atoms with Gasteiger partial charge in [-0.3, -0.25) is 0 Å². The molecule has 4 aliphatic carbocycles. The van der Waals surface area contributed by atoms with E-state index in [4.69, 9.17) is 0 Å². The van der Waals surface area contributed by atoms with Crippen LogP contribution in [-0.2, 0) is 0 Å². The zero-order valence-corrected chi connectivity index (χ0v) is 16.1. The van der Waals surface area contributed by atoms with Gasteiger partial charge in [0.1, 0.15) is 5.60 Å². The second-order valence-electron chi connectivity index (χ2n) is 9.97. The summed E-state index contributed by atoms with van der Waals surface area (Å²) in [6.07, 6.45) is 4.22. The molecule has 0 heterocycles. The van der Waals surface area contributed by atoms with Gasteiger partial charge in [0, 0.05) is 0 Å². The zero-order chi connectivity index (χ0) is 19.1. The van der Waals surface area contributed by atoms with Crippen LogP contribution in [0.25, 0.3) is 0 Å². The number of rotatable bonds is 1. The molecule has 0 spiro atoms. The van der Waals surface area contributed by atoms with Crippen LogP contribution in [0.15, 0.2) is 11.6 Å². The van der Waals surface area contributed by atoms with Crippen LogP contribution in [0.2, 0.25) is 0 Å². The van der Waals surface area contributed by atoms with E-state index in [2.05, 4.69) is 13.0 Å². The summed E-state index contributed by atoms with van der Waals surface area (Å²) in [6.45, 7) is 5.54. The van der Waals surface area contributed by atoms with Gasteiger partial charge >= 0.3 is 0 Å². The Labute approximate surface area is 155 Å². The molecular formula is C21H34O5. The minimum absolute atomic E-state index is 0.0485. The third-order valence-corrected chi connectivity index (χ3v) is 9.24. The van der Waals surface area contributed by atoms with E-state index >= 15 is 0 Å². The molecule has 0 saturated heterocycles. The quantitative estimate of drug-likeness (QED) is 0.453. The molecule has 0 aromatic rings. The first-order valence-electron chi connectivity index (χ1n) is 10.2. The van der Waals surface area contributed by atoms with Gasteiger partial charge in [0.2, 0.25) is 0 Å². The van der Waals surface area contributed by atoms with Crippen LogP contribution in [0.3, 0.4) is 0 Å². The van der Waals surface area contributed by atoms with Crippen LogP contribution in [0.4, 0.5) is 0 Å². The van der Waals surface area contributed by atoms with Crippen LogP contribution >= 0.6 is 0 Å². The van der Waals surface area contributed by atoms with E-state index in [0.29, 0.717) is 32.1 Å². The van der Waals surface area contributed by atoms with Crippen molar-refractivity contribution in [3.05, 3.63) is 11.6 Å². The van der Waals surface area contributed by atoms with Crippen LogP contribution in [0.1, 0.15) is 65.7 Å². The molecule has 9 atom stereocenters. The van der Waals surface area contributed by atoms with Gasteiger partial charge in [0.25, 0.3) is 0 Å². The number of aliphatic hydroxyl groups is 5. The Morgan fingerprint density at radius 1 is 1.08 bits per heavy atom. The summed E-state index contributed by atoms with van der Waals surface area (Å²) in [7, 11) is 0. The fourth-order valence-corrected chi connectivity index (χ4v) is 7.33. The van der Waals surface area contributed by atoms with E-state index in [1.807, 2.05) is 0 Å². The number of aliphatic hydroxyl groups excluding tert-OH is 3. The highest BCUT2D eigenvalue weighted by molar-refractivity contribution is 5.31. The van der Waals surface area contributed by atoms with E-state index in [-0.39, 0.29) is 23.4 Å². The Morgan fingerprint density at radius 3 is 2.42 bits per heavy atom. The monoisotopic (exact) mass is 366 g/mol. The summed E-state index contributed by atoms with van der Waals surface area (Å²) >= 11 is 0. The molecule has 5 N–H and O–H groups in total. The average Bonchev–Trinajstić information content (AvgIpc) is 2.80. The van der Waals surface area contributed by atoms with Crippen LogP contribution in [0.5, 0.6) is 0 Å². The van der Waals surface area contributed by atoms with Crippen molar-refractivity contribution in [1.29, 1.82) is 0 Å². The maximum atomic E-state index is 11.9. The molecule has 0 aromatic carbocycles. The normalized spacial score (nSPS) is 57.6. The van der Waals surface area contributed by atoms with E-state index in [1.54, 1.807) is 13.8 Å². The van der Waals surface area contributed by atoms with Crippen LogP contribution in [-0.4, -0.2) is 55.0 Å². The van der Waals surface area contributed by atoms with E-state index in [9.17, 15) is 25.5 Å². The maximum Gasteiger partial charge on any atom is 0.101 e. The molecule has 0 amide bonds. The van der Waals surface area contributed by atoms with Gasteiger partial charge in [-0.2, -0.15) is 0 Å². The van der Waals surface area contributed by atoms with Gasteiger partial charge in [-0.1, -0.05) is 25.5 Å². The Kier molecular flexibility index (Phi) is 4.02. The second-order valence-corrected chi connectivity index (χ2v) is 9.97. The molecule has 4 aliphatic rings. The van der Waals surface area contributed by atoms with Crippen molar-refractivity contribution in [2.75, 3.05) is 0 Å². The van der Waals surface area contributed by atoms with E-state index in [0.717, 1.165) is 12.8 Å². The van der Waals surface area contributed by atoms with Crippen LogP contribution in [0, 0.1) is 22.7 Å². The third-order valence-electron chi connectivity index (χ3n) is 9.24. The Morgan fingerprint density at radius 2 is 1.77 bits per heavy atom. The Balaban J connectivity index is 1.79. The molecular weight excluding hydrogens is 332 g/mol. The largest absolute Gasteiger partial charge is 0.393 e. The first kappa shape index (κ1) is 18.9. The minimum Gasteiger partial charge on any atom is -0.393 e. The third kappa shape index (κ3) is 1.99. The number of fused-ring (bicyclic) bond motifs is 5. The minimum atomic E-state index is -1.49. The predicted molar refractivity (Wildman–Crippen MR) is 97.2 cm³/mol. The van der Waals surface area contributed by atoms with Gasteiger partial charge in [0.15, 0.2) is 0 Å². The first-order valence-corrected chi connectivity index (χ1v) is 10.2. The SMILES string of the molecule is C[C@H](O)[C@]1(O)CC[C@]2(O)[C@@H]3CC=C4C[C@@H](O)CC[C@]4(C)[C@H]3C[C@@H](O)[C@]12C. The lowest BCUT2D eigenvalue weighted by molar-refractivity contribution is -0.273. The second kappa shape index (κ2) is 5.54. The molecule has 0 radical (unpaired) electrons. The molecule has 0 unspecified atom stereocenters. The Hall–Kier alpha value is -0.460. The van der Waals surface area contributed by atoms with Crippen molar-refractivity contribution in [1.82, 2.24) is 0 Å². The highest BCUT2D eigenvalue weighted by atomic mass is 16.4. The van der Waals surface area contributed by atoms with Crippen molar-refractivity contribution in [2.24, 2.45) is 22.7 Å². The molecule has 3 saturated carbocycles. The number of hydrogen-bond donors (Lipinski definition) is 5. The summed E-state index contributed by atoms with van der Waals surface area (Å²) in [6, 6.07) is 0. The molecule has 0 aromatic heterocycles. The summed E-state index contributed by atoms with van der Waals surface area (Å²) in [4.78, 5) is 0. The molecule has 26 heavy (non-hydrogen) atoms. The molecule has 0 aliphatic heterocycles. The van der Waals surface area contributed by atoms with Gasteiger partial charge in [-0.25, -0.2) is 0 Å². The summed E-state index contributed by atoms with van der Waals surface area (Å²) < 4.78 is 0. The van der Waals surface area contributed by atoms with Gasteiger partial charge in [-0.15, -0.1) is 0 Å². The smallest absolute Gasteiger partial charge is 0.101 e. The summed E-state index contributed by atoms with van der Waals surface area (Å²) in [5.41, 5.74) is -2.69. The van der Waals surface area contributed by atoms with Crippen molar-refractivity contribution < 1.29 is 25.5 Å². The highest BCUT2D eigenvalue weighted by Gasteiger charge is 2.75. The van der Waals surface area contributed by atoms with Crippen molar-refractivity contribution >= 4 is 0 Å². The highest BCUT2D eigenvalue weighted by Crippen LogP contribution is 2.69. The van der Waals surface area contributed by atoms with E-state index < -0.39 is 28.8 Å². The molecule has 0 bridgehead atoms. The number of hydrogen-bond acceptors (Lipinski definition) is 5. The average molecular weight is 366 g/mol. The topological polar surface area (TPSA) is 101 Å². The fourth-order valence-electron chi connectivity index (χ4n) is 7.33. The van der Waals surface area contributed by atoms with Crippen molar-refractivity contribution in [2.45, 2.75) is 95.2 Å². The van der Waals surface area contributed by atoms with Crippen LogP contribution < -0.4 is 0 Å². The molecule has 5 heteroatoms. The summed E-state index contributed by atoms with van der Waals surface area (Å²) in [5, 5.41) is 54.7. The Bertz CT molecular complexity index is 632. The molecule has 3 fully saturated rings. The molecule has 5 nitrogen and oxygen atoms in total. The molecule has 148 valence electrons. The zero-order valence-electron chi connectivity index (χ0n) is 16.1. The van der Waals surface area contributed by atoms with Crippen molar-refractivity contribution in [3.8, 4) is 0 Å². The first-order chi connectivity index (χ1) is 12.0. The van der Waals surface area contributed by atoms with Gasteiger partial charge in [-0.05, 0) is 69.1 Å². The predicted octanol–water partition coefficient (Wildman–Crippen LogP) is 1.51. The summed E-state index contributed by atoms with van der Waals surface area (Å²) in [5.74, 6) is 0.0760.